The molecule has 294 valence electrons. The van der Waals surface area contributed by atoms with E-state index in [0.717, 1.165) is 89.5 Å². The SMILES string of the molecule is COC(=O)c1ccc(-c2c3nc(c(-c4ccc(OC)cc4)c4ccc([nH]4)c(-c4ccc(C(=O)OC)cc4)c4ccc([nH]4)c(-c4ccc(OC)cc4)c4nc2C=C4)C=C3)cc1. The fourth-order valence-corrected chi connectivity index (χ4v) is 7.72. The predicted octanol–water partition coefficient (Wildman–Crippen LogP) is 10.9. The van der Waals surface area contributed by atoms with Gasteiger partial charge in [0.25, 0.3) is 0 Å². The van der Waals surface area contributed by atoms with E-state index in [1.807, 2.05) is 97.1 Å². The quantitative estimate of drug-likeness (QED) is 0.146. The highest BCUT2D eigenvalue weighted by atomic mass is 16.5. The summed E-state index contributed by atoms with van der Waals surface area (Å²) < 4.78 is 21.0. The third kappa shape index (κ3) is 6.90. The molecular weight excluding hydrogens is 753 g/mol. The van der Waals surface area contributed by atoms with Gasteiger partial charge in [-0.15, -0.1) is 0 Å². The lowest BCUT2D eigenvalue weighted by molar-refractivity contribution is 0.0592. The highest BCUT2D eigenvalue weighted by Crippen LogP contribution is 2.39. The van der Waals surface area contributed by atoms with Crippen molar-refractivity contribution in [2.75, 3.05) is 28.4 Å². The van der Waals surface area contributed by atoms with Crippen LogP contribution in [0.15, 0.2) is 121 Å². The number of methoxy groups -OCH3 is 4. The molecule has 9 rings (SSSR count). The van der Waals surface area contributed by atoms with Gasteiger partial charge in [0, 0.05) is 44.3 Å². The van der Waals surface area contributed by atoms with E-state index in [1.165, 1.54) is 14.2 Å². The Bertz CT molecular complexity index is 2880. The van der Waals surface area contributed by atoms with Crippen LogP contribution in [0.4, 0.5) is 0 Å². The second-order valence-electron chi connectivity index (χ2n) is 14.1. The lowest BCUT2D eigenvalue weighted by Crippen LogP contribution is -2.00. The van der Waals surface area contributed by atoms with Crippen LogP contribution in [0.5, 0.6) is 11.5 Å². The van der Waals surface area contributed by atoms with Crippen molar-refractivity contribution in [2.45, 2.75) is 0 Å². The van der Waals surface area contributed by atoms with Crippen LogP contribution in [0.3, 0.4) is 0 Å². The molecule has 0 saturated heterocycles. The number of fused-ring (bicyclic) bond motifs is 8. The maximum atomic E-state index is 12.5. The molecule has 10 heteroatoms. The van der Waals surface area contributed by atoms with Crippen LogP contribution in [0.1, 0.15) is 43.5 Å². The number of nitrogens with one attached hydrogen (secondary N) is 2. The summed E-state index contributed by atoms with van der Waals surface area (Å²) in [6.45, 7) is 0. The zero-order valence-corrected chi connectivity index (χ0v) is 33.2. The molecule has 0 atom stereocenters. The summed E-state index contributed by atoms with van der Waals surface area (Å²) in [5.74, 6) is 0.644. The van der Waals surface area contributed by atoms with Crippen LogP contribution in [0.2, 0.25) is 0 Å². The summed E-state index contributed by atoms with van der Waals surface area (Å²) in [6, 6.07) is 38.7. The fourth-order valence-electron chi connectivity index (χ4n) is 7.72. The van der Waals surface area contributed by atoms with Gasteiger partial charge in [0.1, 0.15) is 11.5 Å². The number of hydrogen-bond donors (Lipinski definition) is 2. The molecule has 2 aliphatic heterocycles. The number of ether oxygens (including phenoxy) is 4. The predicted molar refractivity (Wildman–Crippen MR) is 236 cm³/mol. The third-order valence-electron chi connectivity index (χ3n) is 10.7. The number of H-pyrrole nitrogens is 2. The zero-order chi connectivity index (χ0) is 41.3. The largest absolute Gasteiger partial charge is 0.497 e. The van der Waals surface area contributed by atoms with Crippen molar-refractivity contribution in [3.05, 3.63) is 155 Å². The molecule has 7 aromatic rings. The number of aromatic amines is 2. The van der Waals surface area contributed by atoms with E-state index in [9.17, 15) is 9.59 Å². The first kappa shape index (κ1) is 37.6. The molecule has 8 bridgehead atoms. The van der Waals surface area contributed by atoms with Gasteiger partial charge < -0.3 is 28.9 Å². The minimum atomic E-state index is -0.418. The van der Waals surface area contributed by atoms with E-state index in [0.29, 0.717) is 22.5 Å². The average molecular weight is 791 g/mol. The number of nitrogens with zero attached hydrogens (tertiary/aromatic N) is 2. The number of carbonyl (C=O) groups is 2. The molecule has 0 amide bonds. The van der Waals surface area contributed by atoms with Crippen molar-refractivity contribution in [2.24, 2.45) is 0 Å². The van der Waals surface area contributed by atoms with Crippen molar-refractivity contribution in [1.82, 2.24) is 19.9 Å². The Morgan fingerprint density at radius 2 is 0.683 bits per heavy atom. The molecule has 0 unspecified atom stereocenters. The lowest BCUT2D eigenvalue weighted by atomic mass is 10.0. The summed E-state index contributed by atoms with van der Waals surface area (Å²) in [5.41, 5.74) is 14.1. The van der Waals surface area contributed by atoms with Crippen LogP contribution < -0.4 is 9.47 Å². The van der Waals surface area contributed by atoms with Crippen LogP contribution in [0, 0.1) is 0 Å². The molecule has 60 heavy (non-hydrogen) atoms. The molecule has 2 N–H and O–H groups in total. The molecule has 0 fully saturated rings. The van der Waals surface area contributed by atoms with Gasteiger partial charge in [0.15, 0.2) is 0 Å². The second kappa shape index (κ2) is 15.8. The lowest BCUT2D eigenvalue weighted by Gasteiger charge is -2.08. The number of rotatable bonds is 8. The van der Waals surface area contributed by atoms with Crippen LogP contribution in [-0.2, 0) is 9.47 Å². The number of hydrogen-bond acceptors (Lipinski definition) is 8. The Morgan fingerprint density at radius 3 is 1.03 bits per heavy atom. The van der Waals surface area contributed by atoms with Gasteiger partial charge >= 0.3 is 11.9 Å². The van der Waals surface area contributed by atoms with Gasteiger partial charge in [0.2, 0.25) is 0 Å². The topological polar surface area (TPSA) is 128 Å². The molecule has 0 saturated carbocycles. The van der Waals surface area contributed by atoms with Gasteiger partial charge in [-0.25, -0.2) is 19.6 Å². The summed E-state index contributed by atoms with van der Waals surface area (Å²) in [6.07, 6.45) is 8.04. The van der Waals surface area contributed by atoms with Crippen molar-refractivity contribution in [1.29, 1.82) is 0 Å². The van der Waals surface area contributed by atoms with Gasteiger partial charge in [-0.3, -0.25) is 0 Å². The number of benzene rings is 4. The van der Waals surface area contributed by atoms with Crippen LogP contribution >= 0.6 is 0 Å². The standard InChI is InChI=1S/C50H38N4O6/c1-57-35-17-13-31(14-18-35)47-41-25-21-37(51-41)45(29-5-9-33(10-6-29)49(55)59-3)39-23-27-43(53-39)48(32-15-19-36(58-2)20-16-32)44-28-24-40(54-44)46(38-22-26-42(47)52-38)30-7-11-34(12-8-30)50(56)60-4/h5-28,51,53H,1-4H3. The smallest absolute Gasteiger partial charge is 0.337 e. The first-order valence-electron chi connectivity index (χ1n) is 19.2. The van der Waals surface area contributed by atoms with E-state index in [2.05, 4.69) is 34.2 Å². The average Bonchev–Trinajstić information content (AvgIpc) is 4.15. The molecule has 0 spiro atoms. The van der Waals surface area contributed by atoms with E-state index in [4.69, 9.17) is 28.9 Å². The fraction of sp³-hybridized carbons (Fsp3) is 0.0800. The Morgan fingerprint density at radius 1 is 0.383 bits per heavy atom. The zero-order valence-electron chi connectivity index (χ0n) is 33.2. The first-order chi connectivity index (χ1) is 29.3. The Kier molecular flexibility index (Phi) is 9.87. The van der Waals surface area contributed by atoms with Crippen LogP contribution in [0.25, 0.3) is 90.9 Å². The molecule has 0 aliphatic carbocycles. The maximum Gasteiger partial charge on any atom is 0.337 e. The number of carbonyl (C=O) groups excluding carboxylic acids is 2. The Hall–Kier alpha value is -7.98. The monoisotopic (exact) mass is 790 g/mol. The van der Waals surface area contributed by atoms with Crippen molar-refractivity contribution < 1.29 is 28.5 Å². The molecule has 2 aliphatic rings. The van der Waals surface area contributed by atoms with E-state index >= 15 is 0 Å². The number of esters is 2. The van der Waals surface area contributed by atoms with Crippen molar-refractivity contribution in [3.63, 3.8) is 0 Å². The van der Waals surface area contributed by atoms with E-state index in [1.54, 1.807) is 38.5 Å². The Labute approximate surface area is 345 Å². The highest BCUT2D eigenvalue weighted by Gasteiger charge is 2.20. The molecular formula is C50H38N4O6. The van der Waals surface area contributed by atoms with E-state index < -0.39 is 11.9 Å². The third-order valence-corrected chi connectivity index (χ3v) is 10.7. The summed E-state index contributed by atoms with van der Waals surface area (Å²) in [4.78, 5) is 43.0. The highest BCUT2D eigenvalue weighted by molar-refractivity contribution is 6.01. The minimum absolute atomic E-state index is 0.409. The van der Waals surface area contributed by atoms with Gasteiger partial charge in [-0.2, -0.15) is 0 Å². The molecule has 0 radical (unpaired) electrons. The maximum absolute atomic E-state index is 12.5. The van der Waals surface area contributed by atoms with Crippen molar-refractivity contribution in [3.8, 4) is 56.0 Å². The molecule has 10 nitrogen and oxygen atoms in total. The van der Waals surface area contributed by atoms with Crippen LogP contribution in [-0.4, -0.2) is 60.3 Å². The van der Waals surface area contributed by atoms with Gasteiger partial charge in [0.05, 0.1) is 62.3 Å². The van der Waals surface area contributed by atoms with E-state index in [-0.39, 0.29) is 0 Å². The minimum Gasteiger partial charge on any atom is -0.497 e. The van der Waals surface area contributed by atoms with Gasteiger partial charge in [-0.05, 0) is 119 Å². The molecule has 3 aromatic heterocycles. The second-order valence-corrected chi connectivity index (χ2v) is 14.1. The normalized spacial score (nSPS) is 11.7. The molecule has 5 heterocycles. The molecule has 4 aromatic carbocycles. The van der Waals surface area contributed by atoms with Gasteiger partial charge in [-0.1, -0.05) is 48.5 Å². The van der Waals surface area contributed by atoms with Crippen molar-refractivity contribution >= 4 is 58.3 Å². The summed E-state index contributed by atoms with van der Waals surface area (Å²) in [5, 5.41) is 0. The summed E-state index contributed by atoms with van der Waals surface area (Å²) >= 11 is 0. The number of aromatic nitrogens is 4. The Balaban J connectivity index is 1.42. The summed E-state index contributed by atoms with van der Waals surface area (Å²) in [7, 11) is 6.04. The first-order valence-corrected chi connectivity index (χ1v) is 19.2.